The molecule has 3 atom stereocenters. The van der Waals surface area contributed by atoms with Gasteiger partial charge in [0.2, 0.25) is 17.7 Å². The van der Waals surface area contributed by atoms with Crippen LogP contribution in [0.5, 0.6) is 5.75 Å². The van der Waals surface area contributed by atoms with Gasteiger partial charge in [-0.15, -0.1) is 0 Å². The lowest BCUT2D eigenvalue weighted by Gasteiger charge is -2.30. The molecule has 0 aliphatic carbocycles. The van der Waals surface area contributed by atoms with Gasteiger partial charge >= 0.3 is 4.87 Å². The molecule has 8 nitrogen and oxygen atoms in total. The Kier molecular flexibility index (Phi) is 7.61. The van der Waals surface area contributed by atoms with Crippen molar-refractivity contribution in [1.29, 1.82) is 0 Å². The van der Waals surface area contributed by atoms with Crippen LogP contribution < -0.4 is 19.8 Å². The molecule has 1 aromatic heterocycles. The second kappa shape index (κ2) is 11.2. The molecule has 3 amide bonds. The lowest BCUT2D eigenvalue weighted by molar-refractivity contribution is -0.122. The molecule has 0 saturated carbocycles. The first-order valence-electron chi connectivity index (χ1n) is 12.6. The summed E-state index contributed by atoms with van der Waals surface area (Å²) in [7, 11) is 1.52. The fraction of sp³-hybridized carbons (Fsp3) is 0.172. The van der Waals surface area contributed by atoms with Crippen LogP contribution in [0.4, 0.5) is 15.8 Å². The van der Waals surface area contributed by atoms with Crippen molar-refractivity contribution in [3.05, 3.63) is 103 Å². The number of methoxy groups -OCH3 is 1. The van der Waals surface area contributed by atoms with E-state index in [0.717, 1.165) is 28.0 Å². The molecule has 0 radical (unpaired) electrons. The molecule has 2 aliphatic rings. The number of carbonyl (C=O) groups excluding carboxylic acids is 3. The van der Waals surface area contributed by atoms with Crippen molar-refractivity contribution in [2.75, 3.05) is 17.3 Å². The number of nitrogens with zero attached hydrogens (tertiary/aromatic N) is 2. The van der Waals surface area contributed by atoms with Crippen LogP contribution in [0.15, 0.2) is 76.6 Å². The number of benzene rings is 3. The predicted molar refractivity (Wildman–Crippen MR) is 161 cm³/mol. The summed E-state index contributed by atoms with van der Waals surface area (Å²) < 4.78 is 20.4. The van der Waals surface area contributed by atoms with Gasteiger partial charge in [-0.2, -0.15) is 0 Å². The van der Waals surface area contributed by atoms with E-state index in [2.05, 4.69) is 5.32 Å². The topological polar surface area (TPSA) is 97.7 Å². The van der Waals surface area contributed by atoms with Gasteiger partial charge in [0.15, 0.2) is 0 Å². The van der Waals surface area contributed by atoms with E-state index in [-0.39, 0.29) is 11.6 Å². The van der Waals surface area contributed by atoms with Crippen LogP contribution in [-0.2, 0) is 20.9 Å². The summed E-state index contributed by atoms with van der Waals surface area (Å²) in [5, 5.41) is 2.84. The van der Waals surface area contributed by atoms with Gasteiger partial charge in [0.25, 0.3) is 0 Å². The first kappa shape index (κ1) is 28.5. The molecule has 214 valence electrons. The highest BCUT2D eigenvalue weighted by molar-refractivity contribution is 8.00. The van der Waals surface area contributed by atoms with Gasteiger partial charge in [-0.3, -0.25) is 23.7 Å². The number of amides is 3. The Morgan fingerprint density at radius 2 is 1.69 bits per heavy atom. The van der Waals surface area contributed by atoms with E-state index in [1.807, 2.05) is 0 Å². The number of rotatable bonds is 6. The van der Waals surface area contributed by atoms with Crippen LogP contribution >= 0.6 is 46.3 Å². The SMILES string of the molecule is COc1ccc(N2C(=O)[C@H]3[C@H](c4ccc(F)cc4)c4sc(=O)n(CC(=O)Nc5ccc(Cl)c(Cl)c5)c4S[C@H]3C2=O)cc1. The molecule has 0 spiro atoms. The highest BCUT2D eigenvalue weighted by Gasteiger charge is 2.56. The molecule has 0 bridgehead atoms. The fourth-order valence-electron chi connectivity index (χ4n) is 5.19. The Bertz CT molecular complexity index is 1790. The molecule has 3 heterocycles. The normalized spacial score (nSPS) is 19.4. The first-order chi connectivity index (χ1) is 20.2. The Morgan fingerprint density at radius 3 is 2.36 bits per heavy atom. The molecule has 1 N–H and O–H groups in total. The standard InChI is InChI=1S/C29H20Cl2FN3O5S2/c1-40-18-9-7-17(8-10-18)35-26(37)23-22(14-2-4-15(32)5-3-14)25-28(41-24(23)27(35)38)34(29(39)42-25)13-21(36)33-16-6-11-19(30)20(31)12-16/h2-12,22-24H,13H2,1H3,(H,33,36)/t22-,23-,24+/m0/s1. The number of thiazole rings is 1. The molecule has 1 fully saturated rings. The summed E-state index contributed by atoms with van der Waals surface area (Å²) >= 11 is 14.0. The van der Waals surface area contributed by atoms with E-state index in [9.17, 15) is 23.6 Å². The van der Waals surface area contributed by atoms with Crippen LogP contribution in [0.3, 0.4) is 0 Å². The van der Waals surface area contributed by atoms with Gasteiger partial charge in [0.1, 0.15) is 23.4 Å². The highest BCUT2D eigenvalue weighted by atomic mass is 35.5. The van der Waals surface area contributed by atoms with E-state index in [1.165, 1.54) is 29.9 Å². The molecule has 3 aromatic carbocycles. The third-order valence-electron chi connectivity index (χ3n) is 7.11. The third-order valence-corrected chi connectivity index (χ3v) is 10.5. The van der Waals surface area contributed by atoms with E-state index in [4.69, 9.17) is 27.9 Å². The summed E-state index contributed by atoms with van der Waals surface area (Å²) in [6.45, 7) is -0.338. The van der Waals surface area contributed by atoms with Crippen LogP contribution in [0.1, 0.15) is 16.4 Å². The lowest BCUT2D eigenvalue weighted by atomic mass is 9.83. The van der Waals surface area contributed by atoms with Gasteiger partial charge in [0, 0.05) is 16.5 Å². The number of nitrogens with one attached hydrogen (secondary N) is 1. The van der Waals surface area contributed by atoms with Crippen LogP contribution in [0.2, 0.25) is 10.0 Å². The summed E-state index contributed by atoms with van der Waals surface area (Å²) in [6.07, 6.45) is 0. The minimum Gasteiger partial charge on any atom is -0.497 e. The average Bonchev–Trinajstić information content (AvgIpc) is 3.41. The molecular weight excluding hydrogens is 624 g/mol. The number of hydrogen-bond donors (Lipinski definition) is 1. The van der Waals surface area contributed by atoms with Crippen LogP contribution in [0.25, 0.3) is 0 Å². The smallest absolute Gasteiger partial charge is 0.308 e. The zero-order valence-electron chi connectivity index (χ0n) is 21.7. The molecule has 4 aromatic rings. The summed E-state index contributed by atoms with van der Waals surface area (Å²) in [5.41, 5.74) is 1.37. The van der Waals surface area contributed by atoms with E-state index < -0.39 is 45.5 Å². The number of aromatic nitrogens is 1. The van der Waals surface area contributed by atoms with Crippen molar-refractivity contribution in [2.24, 2.45) is 5.92 Å². The van der Waals surface area contributed by atoms with Gasteiger partial charge in [-0.25, -0.2) is 9.29 Å². The second-order valence-electron chi connectivity index (χ2n) is 9.60. The van der Waals surface area contributed by atoms with Crippen LogP contribution in [0, 0.1) is 11.7 Å². The Hall–Kier alpha value is -3.64. The third kappa shape index (κ3) is 5.00. The molecule has 2 aliphatic heterocycles. The number of anilines is 2. The van der Waals surface area contributed by atoms with Gasteiger partial charge in [-0.1, -0.05) is 58.4 Å². The van der Waals surface area contributed by atoms with Crippen molar-refractivity contribution in [1.82, 2.24) is 4.57 Å². The maximum Gasteiger partial charge on any atom is 0.308 e. The molecular formula is C29H20Cl2FN3O5S2. The monoisotopic (exact) mass is 643 g/mol. The largest absolute Gasteiger partial charge is 0.497 e. The minimum atomic E-state index is -0.875. The van der Waals surface area contributed by atoms with Gasteiger partial charge < -0.3 is 10.1 Å². The number of fused-ring (bicyclic) bond motifs is 2. The zero-order valence-corrected chi connectivity index (χ0v) is 24.8. The van der Waals surface area contributed by atoms with Crippen molar-refractivity contribution in [3.8, 4) is 5.75 Å². The van der Waals surface area contributed by atoms with E-state index >= 15 is 0 Å². The number of imide groups is 1. The van der Waals surface area contributed by atoms with Gasteiger partial charge in [0.05, 0.1) is 33.8 Å². The summed E-state index contributed by atoms with van der Waals surface area (Å²) in [6, 6.07) is 16.8. The van der Waals surface area contributed by atoms with E-state index in [1.54, 1.807) is 48.5 Å². The molecule has 6 rings (SSSR count). The van der Waals surface area contributed by atoms with E-state index in [0.29, 0.717) is 37.6 Å². The zero-order chi connectivity index (χ0) is 29.7. The number of halogens is 3. The molecule has 13 heteroatoms. The first-order valence-corrected chi connectivity index (χ1v) is 15.0. The Labute approximate surface area is 257 Å². The number of hydrogen-bond acceptors (Lipinski definition) is 7. The molecule has 42 heavy (non-hydrogen) atoms. The van der Waals surface area contributed by atoms with Crippen molar-refractivity contribution >= 4 is 75.4 Å². The molecule has 0 unspecified atom stereocenters. The quantitative estimate of drug-likeness (QED) is 0.267. The number of ether oxygens (including phenoxy) is 1. The Balaban J connectivity index is 1.39. The number of thioether (sulfide) groups is 1. The van der Waals surface area contributed by atoms with Crippen LogP contribution in [-0.4, -0.2) is 34.6 Å². The van der Waals surface area contributed by atoms with Crippen molar-refractivity contribution in [3.63, 3.8) is 0 Å². The predicted octanol–water partition coefficient (Wildman–Crippen LogP) is 5.80. The van der Waals surface area contributed by atoms with Gasteiger partial charge in [-0.05, 0) is 60.2 Å². The number of carbonyl (C=O) groups is 3. The highest BCUT2D eigenvalue weighted by Crippen LogP contribution is 2.54. The lowest BCUT2D eigenvalue weighted by Crippen LogP contribution is -2.33. The fourth-order valence-corrected chi connectivity index (χ4v) is 8.26. The maximum absolute atomic E-state index is 13.9. The van der Waals surface area contributed by atoms with Crippen molar-refractivity contribution < 1.29 is 23.5 Å². The second-order valence-corrected chi connectivity index (χ2v) is 12.5. The van der Waals surface area contributed by atoms with Crippen molar-refractivity contribution in [2.45, 2.75) is 22.7 Å². The molecule has 1 saturated heterocycles. The average molecular weight is 645 g/mol. The maximum atomic E-state index is 13.9. The summed E-state index contributed by atoms with van der Waals surface area (Å²) in [4.78, 5) is 55.2. The minimum absolute atomic E-state index is 0.258. The summed E-state index contributed by atoms with van der Waals surface area (Å²) in [5.74, 6) is -2.80. The Morgan fingerprint density at radius 1 is 0.976 bits per heavy atom.